The van der Waals surface area contributed by atoms with Crippen LogP contribution in [-0.4, -0.2) is 22.0 Å². The van der Waals surface area contributed by atoms with E-state index in [-0.39, 0.29) is 17.4 Å². The summed E-state index contributed by atoms with van der Waals surface area (Å²) in [4.78, 5) is 21.6. The number of carbonyl (C=O) groups is 2. The molecule has 1 heterocycles. The van der Waals surface area contributed by atoms with Crippen molar-refractivity contribution < 1.29 is 19.8 Å². The van der Waals surface area contributed by atoms with E-state index >= 15 is 0 Å². The third-order valence-corrected chi connectivity index (χ3v) is 2.09. The topological polar surface area (TPSA) is 86.6 Å². The number of aliphatic hydroxyl groups excluding tert-OH is 1. The van der Waals surface area contributed by atoms with E-state index in [0.29, 0.717) is 5.70 Å². The molecule has 0 amide bonds. The highest BCUT2D eigenvalue weighted by atomic mass is 16.4. The molecule has 1 aliphatic carbocycles. The van der Waals surface area contributed by atoms with Crippen molar-refractivity contribution in [3.05, 3.63) is 35.4 Å². The average Bonchev–Trinajstić information content (AvgIpc) is 2.48. The number of carbonyl (C=O) groups excluding carboxylic acids is 1. The van der Waals surface area contributed by atoms with Crippen molar-refractivity contribution in [3.63, 3.8) is 0 Å². The Morgan fingerprint density at radius 3 is 2.79 bits per heavy atom. The van der Waals surface area contributed by atoms with Crippen molar-refractivity contribution in [1.29, 1.82) is 0 Å². The molecule has 0 saturated heterocycles. The van der Waals surface area contributed by atoms with Gasteiger partial charge in [0.1, 0.15) is 5.70 Å². The molecule has 0 fully saturated rings. The highest BCUT2D eigenvalue weighted by molar-refractivity contribution is 6.04. The molecule has 14 heavy (non-hydrogen) atoms. The van der Waals surface area contributed by atoms with E-state index in [9.17, 15) is 9.59 Å². The maximum Gasteiger partial charge on any atom is 0.351 e. The monoisotopic (exact) mass is 193 g/mol. The van der Waals surface area contributed by atoms with E-state index in [4.69, 9.17) is 10.2 Å². The molecule has 1 unspecified atom stereocenters. The summed E-state index contributed by atoms with van der Waals surface area (Å²) in [5, 5.41) is 20.4. The molecule has 2 rings (SSSR count). The van der Waals surface area contributed by atoms with E-state index in [0.717, 1.165) is 0 Å². The summed E-state index contributed by atoms with van der Waals surface area (Å²) in [5.74, 6) is -2.27. The Hall–Kier alpha value is -2.04. The zero-order chi connectivity index (χ0) is 10.3. The molecule has 3 N–H and O–H groups in total. The van der Waals surface area contributed by atoms with E-state index in [1.54, 1.807) is 0 Å². The van der Waals surface area contributed by atoms with Gasteiger partial charge in [-0.15, -0.1) is 0 Å². The number of aliphatic hydroxyl groups is 1. The van der Waals surface area contributed by atoms with Gasteiger partial charge in [-0.3, -0.25) is 4.79 Å². The fraction of sp³-hybridized carbons (Fsp3) is 0.111. The third kappa shape index (κ3) is 1.19. The van der Waals surface area contributed by atoms with Gasteiger partial charge in [0, 0.05) is 17.7 Å². The van der Waals surface area contributed by atoms with E-state index < -0.39 is 11.8 Å². The predicted molar refractivity (Wildman–Crippen MR) is 46.1 cm³/mol. The average molecular weight is 193 g/mol. The number of nitrogens with one attached hydrogen (secondary N) is 1. The van der Waals surface area contributed by atoms with Crippen molar-refractivity contribution in [2.45, 2.75) is 0 Å². The van der Waals surface area contributed by atoms with Gasteiger partial charge >= 0.3 is 5.97 Å². The molecule has 5 heteroatoms. The van der Waals surface area contributed by atoms with Crippen LogP contribution in [0, 0.1) is 5.92 Å². The Morgan fingerprint density at radius 2 is 2.14 bits per heavy atom. The second-order valence-corrected chi connectivity index (χ2v) is 3.05. The fourth-order valence-corrected chi connectivity index (χ4v) is 1.41. The van der Waals surface area contributed by atoms with Gasteiger partial charge in [-0.2, -0.15) is 0 Å². The largest absolute Gasteiger partial charge is 0.504 e. The first-order valence-electron chi connectivity index (χ1n) is 3.97. The zero-order valence-electron chi connectivity index (χ0n) is 7.02. The van der Waals surface area contributed by atoms with Crippen LogP contribution in [0.5, 0.6) is 0 Å². The summed E-state index contributed by atoms with van der Waals surface area (Å²) in [7, 11) is 0. The summed E-state index contributed by atoms with van der Waals surface area (Å²) < 4.78 is 0. The number of carboxylic acid groups (broad SMARTS) is 1. The smallest absolute Gasteiger partial charge is 0.351 e. The highest BCUT2D eigenvalue weighted by Crippen LogP contribution is 2.26. The van der Waals surface area contributed by atoms with E-state index in [1.165, 1.54) is 18.2 Å². The third-order valence-electron chi connectivity index (χ3n) is 2.09. The number of carboxylic acids is 1. The number of hydrogen-bond donors (Lipinski definition) is 3. The summed E-state index contributed by atoms with van der Waals surface area (Å²) in [6.45, 7) is 0. The van der Waals surface area contributed by atoms with Crippen LogP contribution in [0.1, 0.15) is 0 Å². The molecule has 72 valence electrons. The maximum absolute atomic E-state index is 11.0. The van der Waals surface area contributed by atoms with Crippen LogP contribution >= 0.6 is 0 Å². The lowest BCUT2D eigenvalue weighted by molar-refractivity contribution is -0.133. The number of ketones is 1. The van der Waals surface area contributed by atoms with Crippen LogP contribution in [0.4, 0.5) is 0 Å². The Kier molecular flexibility index (Phi) is 1.67. The van der Waals surface area contributed by atoms with Gasteiger partial charge in [0.25, 0.3) is 0 Å². The minimum Gasteiger partial charge on any atom is -0.504 e. The summed E-state index contributed by atoms with van der Waals surface area (Å²) in [6.07, 6.45) is 3.96. The Balaban J connectivity index is 2.34. The van der Waals surface area contributed by atoms with Crippen molar-refractivity contribution in [1.82, 2.24) is 5.32 Å². The molecule has 2 aliphatic rings. The molecule has 0 saturated carbocycles. The maximum atomic E-state index is 11.0. The molecular weight excluding hydrogens is 186 g/mol. The van der Waals surface area contributed by atoms with Crippen molar-refractivity contribution in [2.24, 2.45) is 5.92 Å². The number of aliphatic carboxylic acids is 1. The molecule has 0 aromatic carbocycles. The van der Waals surface area contributed by atoms with Crippen molar-refractivity contribution in [3.8, 4) is 0 Å². The second-order valence-electron chi connectivity index (χ2n) is 3.05. The highest BCUT2D eigenvalue weighted by Gasteiger charge is 2.28. The quantitative estimate of drug-likeness (QED) is 0.549. The minimum absolute atomic E-state index is 0.0278. The standard InChI is InChI=1S/C9H7NO4/c11-7-2-4-1-6(9(13)14)10-5(4)3-8(7)12/h1-4,10-11H,(H,13,14). The zero-order valence-corrected chi connectivity index (χ0v) is 7.02. The summed E-state index contributed by atoms with van der Waals surface area (Å²) >= 11 is 0. The Labute approximate surface area is 79.0 Å². The number of rotatable bonds is 1. The predicted octanol–water partition coefficient (Wildman–Crippen LogP) is 0.0828. The SMILES string of the molecule is O=C(O)C1=CC2C=C(O)C(=O)C=C2N1. The van der Waals surface area contributed by atoms with Gasteiger partial charge in [0.15, 0.2) is 5.76 Å². The van der Waals surface area contributed by atoms with Crippen molar-refractivity contribution in [2.75, 3.05) is 0 Å². The normalized spacial score (nSPS) is 24.4. The molecule has 0 bridgehead atoms. The summed E-state index contributed by atoms with van der Waals surface area (Å²) in [5.41, 5.74) is 0.519. The van der Waals surface area contributed by atoms with Gasteiger partial charge in [-0.05, 0) is 12.2 Å². The van der Waals surface area contributed by atoms with E-state index in [1.807, 2.05) is 0 Å². The molecule has 0 radical (unpaired) electrons. The summed E-state index contributed by atoms with van der Waals surface area (Å²) in [6, 6.07) is 0. The van der Waals surface area contributed by atoms with Crippen LogP contribution in [-0.2, 0) is 9.59 Å². The Morgan fingerprint density at radius 1 is 1.43 bits per heavy atom. The molecule has 0 spiro atoms. The van der Waals surface area contributed by atoms with Crippen molar-refractivity contribution >= 4 is 11.8 Å². The Bertz CT molecular complexity index is 417. The van der Waals surface area contributed by atoms with E-state index in [2.05, 4.69) is 5.32 Å². The van der Waals surface area contributed by atoms with Crippen LogP contribution in [0.2, 0.25) is 0 Å². The first kappa shape index (κ1) is 8.55. The molecule has 1 atom stereocenters. The first-order valence-corrected chi connectivity index (χ1v) is 3.97. The second kappa shape index (κ2) is 2.73. The molecule has 0 aromatic heterocycles. The fourth-order valence-electron chi connectivity index (χ4n) is 1.41. The lowest BCUT2D eigenvalue weighted by Gasteiger charge is -2.11. The molecule has 1 aliphatic heterocycles. The number of hydrogen-bond acceptors (Lipinski definition) is 4. The number of allylic oxidation sites excluding steroid dienone is 2. The van der Waals surface area contributed by atoms with Crippen LogP contribution in [0.15, 0.2) is 35.4 Å². The van der Waals surface area contributed by atoms with Gasteiger partial charge in [0.05, 0.1) is 0 Å². The molecule has 5 nitrogen and oxygen atoms in total. The molecule has 0 aromatic rings. The first-order chi connectivity index (χ1) is 6.58. The lowest BCUT2D eigenvalue weighted by Crippen LogP contribution is -2.19. The molecular formula is C9H7NO4. The lowest BCUT2D eigenvalue weighted by atomic mass is 9.99. The minimum atomic E-state index is -1.08. The van der Waals surface area contributed by atoms with Gasteiger partial charge in [-0.1, -0.05) is 0 Å². The van der Waals surface area contributed by atoms with Gasteiger partial charge < -0.3 is 15.5 Å². The van der Waals surface area contributed by atoms with Gasteiger partial charge in [-0.25, -0.2) is 4.79 Å². The van der Waals surface area contributed by atoms with Crippen LogP contribution in [0.25, 0.3) is 0 Å². The van der Waals surface area contributed by atoms with Crippen LogP contribution < -0.4 is 5.32 Å². The number of fused-ring (bicyclic) bond motifs is 1. The van der Waals surface area contributed by atoms with Crippen LogP contribution in [0.3, 0.4) is 0 Å². The van der Waals surface area contributed by atoms with Gasteiger partial charge in [0.2, 0.25) is 5.78 Å².